The number of carbonyl (C=O) groups excluding carboxylic acids is 2. The van der Waals surface area contributed by atoms with Crippen LogP contribution in [-0.4, -0.2) is 11.6 Å². The van der Waals surface area contributed by atoms with E-state index in [9.17, 15) is 9.59 Å². The van der Waals surface area contributed by atoms with E-state index in [4.69, 9.17) is 0 Å². The first-order valence-corrected chi connectivity index (χ1v) is 5.31. The van der Waals surface area contributed by atoms with E-state index in [1.807, 2.05) is 27.7 Å². The highest BCUT2D eigenvalue weighted by Crippen LogP contribution is 2.38. The third-order valence-electron chi connectivity index (χ3n) is 3.04. The van der Waals surface area contributed by atoms with Gasteiger partial charge in [0.1, 0.15) is 5.78 Å². The first kappa shape index (κ1) is 11.9. The molecule has 0 saturated carbocycles. The minimum atomic E-state index is -0.612. The molecule has 0 aromatic rings. The van der Waals surface area contributed by atoms with Crippen LogP contribution in [0.2, 0.25) is 0 Å². The van der Waals surface area contributed by atoms with E-state index >= 15 is 0 Å². The Morgan fingerprint density at radius 1 is 1.33 bits per heavy atom. The number of rotatable bonds is 2. The Balaban J connectivity index is 3.21. The summed E-state index contributed by atoms with van der Waals surface area (Å²) in [7, 11) is 0. The van der Waals surface area contributed by atoms with Gasteiger partial charge in [-0.1, -0.05) is 11.6 Å². The number of allylic oxidation sites excluding steroid dienone is 4. The van der Waals surface area contributed by atoms with Crippen molar-refractivity contribution in [3.8, 4) is 0 Å². The first-order chi connectivity index (χ1) is 6.91. The van der Waals surface area contributed by atoms with Crippen LogP contribution in [0, 0.1) is 5.41 Å². The fourth-order valence-corrected chi connectivity index (χ4v) is 2.16. The van der Waals surface area contributed by atoms with Gasteiger partial charge in [-0.25, -0.2) is 0 Å². The molecule has 2 heteroatoms. The van der Waals surface area contributed by atoms with Gasteiger partial charge in [0, 0.05) is 12.0 Å². The van der Waals surface area contributed by atoms with Gasteiger partial charge in [-0.2, -0.15) is 0 Å². The summed E-state index contributed by atoms with van der Waals surface area (Å²) in [6.45, 7) is 7.44. The topological polar surface area (TPSA) is 34.1 Å². The van der Waals surface area contributed by atoms with Crippen molar-refractivity contribution in [1.82, 2.24) is 0 Å². The monoisotopic (exact) mass is 206 g/mol. The Labute approximate surface area is 91.1 Å². The molecule has 1 aliphatic carbocycles. The van der Waals surface area contributed by atoms with Crippen molar-refractivity contribution >= 4 is 11.6 Å². The standard InChI is InChI=1S/C13H18O2/c1-5-6-10(14)12-9(2)7-8-11(15)13(12,3)4/h5-6H,7-8H2,1-4H3/b6-5+. The predicted molar refractivity (Wildman–Crippen MR) is 60.5 cm³/mol. The summed E-state index contributed by atoms with van der Waals surface area (Å²) in [6.07, 6.45) is 4.54. The number of hydrogen-bond acceptors (Lipinski definition) is 2. The van der Waals surface area contributed by atoms with E-state index < -0.39 is 5.41 Å². The lowest BCUT2D eigenvalue weighted by atomic mass is 9.70. The average molecular weight is 206 g/mol. The van der Waals surface area contributed by atoms with Crippen molar-refractivity contribution in [2.24, 2.45) is 5.41 Å². The van der Waals surface area contributed by atoms with E-state index in [0.29, 0.717) is 12.0 Å². The van der Waals surface area contributed by atoms with Crippen molar-refractivity contribution in [2.45, 2.75) is 40.5 Å². The minimum absolute atomic E-state index is 0.0203. The van der Waals surface area contributed by atoms with E-state index in [1.165, 1.54) is 0 Å². The second-order valence-electron chi connectivity index (χ2n) is 4.57. The molecule has 82 valence electrons. The summed E-state index contributed by atoms with van der Waals surface area (Å²) < 4.78 is 0. The summed E-state index contributed by atoms with van der Waals surface area (Å²) in [5.74, 6) is 0.147. The molecular formula is C13H18O2. The van der Waals surface area contributed by atoms with Crippen LogP contribution in [0.5, 0.6) is 0 Å². The van der Waals surface area contributed by atoms with Gasteiger partial charge in [-0.3, -0.25) is 9.59 Å². The zero-order valence-corrected chi connectivity index (χ0v) is 9.89. The van der Waals surface area contributed by atoms with Crippen LogP contribution in [0.25, 0.3) is 0 Å². The Kier molecular flexibility index (Phi) is 3.28. The van der Waals surface area contributed by atoms with Gasteiger partial charge in [0.15, 0.2) is 5.78 Å². The second kappa shape index (κ2) is 4.13. The molecule has 0 aromatic carbocycles. The van der Waals surface area contributed by atoms with Gasteiger partial charge >= 0.3 is 0 Å². The third kappa shape index (κ3) is 2.09. The van der Waals surface area contributed by atoms with Crippen molar-refractivity contribution in [2.75, 3.05) is 0 Å². The van der Waals surface area contributed by atoms with Gasteiger partial charge in [-0.05, 0) is 40.2 Å². The maximum Gasteiger partial charge on any atom is 0.182 e. The number of Topliss-reactive ketones (excluding diaryl/α,β-unsaturated/α-hetero) is 1. The molecule has 0 heterocycles. The molecule has 0 fully saturated rings. The third-order valence-corrected chi connectivity index (χ3v) is 3.04. The number of carbonyl (C=O) groups is 2. The van der Waals surface area contributed by atoms with E-state index in [2.05, 4.69) is 0 Å². The number of ketones is 2. The molecule has 1 aliphatic rings. The first-order valence-electron chi connectivity index (χ1n) is 5.31. The van der Waals surface area contributed by atoms with E-state index in [-0.39, 0.29) is 11.6 Å². The van der Waals surface area contributed by atoms with Crippen molar-refractivity contribution in [3.05, 3.63) is 23.3 Å². The van der Waals surface area contributed by atoms with Gasteiger partial charge < -0.3 is 0 Å². The maximum absolute atomic E-state index is 11.9. The van der Waals surface area contributed by atoms with Crippen LogP contribution >= 0.6 is 0 Å². The molecule has 1 rings (SSSR count). The Hall–Kier alpha value is -1.18. The van der Waals surface area contributed by atoms with Crippen LogP contribution in [0.15, 0.2) is 23.3 Å². The van der Waals surface area contributed by atoms with Crippen molar-refractivity contribution in [3.63, 3.8) is 0 Å². The average Bonchev–Trinajstić information content (AvgIpc) is 2.12. The molecule has 0 bridgehead atoms. The molecule has 0 spiro atoms. The molecule has 0 saturated heterocycles. The Bertz CT molecular complexity index is 357. The summed E-state index contributed by atoms with van der Waals surface area (Å²) in [6, 6.07) is 0. The number of hydrogen-bond donors (Lipinski definition) is 0. The largest absolute Gasteiger partial charge is 0.299 e. The van der Waals surface area contributed by atoms with Crippen LogP contribution < -0.4 is 0 Å². The van der Waals surface area contributed by atoms with Crippen molar-refractivity contribution < 1.29 is 9.59 Å². The molecular weight excluding hydrogens is 188 g/mol. The van der Waals surface area contributed by atoms with Crippen LogP contribution in [0.4, 0.5) is 0 Å². The summed E-state index contributed by atoms with van der Waals surface area (Å²) in [5.41, 5.74) is 1.14. The molecule has 0 N–H and O–H groups in total. The highest BCUT2D eigenvalue weighted by Gasteiger charge is 2.38. The fraction of sp³-hybridized carbons (Fsp3) is 0.538. The van der Waals surface area contributed by atoms with E-state index in [0.717, 1.165) is 12.0 Å². The zero-order chi connectivity index (χ0) is 11.6. The lowest BCUT2D eigenvalue weighted by molar-refractivity contribution is -0.128. The summed E-state index contributed by atoms with van der Waals surface area (Å²) >= 11 is 0. The molecule has 0 unspecified atom stereocenters. The SMILES string of the molecule is C/C=C/C(=O)C1=C(C)CCC(=O)C1(C)C. The van der Waals surface area contributed by atoms with Crippen LogP contribution in [0.3, 0.4) is 0 Å². The highest BCUT2D eigenvalue weighted by atomic mass is 16.1. The minimum Gasteiger partial charge on any atom is -0.299 e. The second-order valence-corrected chi connectivity index (χ2v) is 4.57. The normalized spacial score (nSPS) is 21.2. The quantitative estimate of drug-likeness (QED) is 0.651. The Morgan fingerprint density at radius 2 is 1.93 bits per heavy atom. The molecule has 0 atom stereocenters. The van der Waals surface area contributed by atoms with Crippen LogP contribution in [-0.2, 0) is 9.59 Å². The molecule has 0 radical (unpaired) electrons. The lowest BCUT2D eigenvalue weighted by Crippen LogP contribution is -2.34. The van der Waals surface area contributed by atoms with Gasteiger partial charge in [0.05, 0.1) is 5.41 Å². The highest BCUT2D eigenvalue weighted by molar-refractivity contribution is 6.11. The van der Waals surface area contributed by atoms with Gasteiger partial charge in [0.25, 0.3) is 0 Å². The summed E-state index contributed by atoms with van der Waals surface area (Å²) in [4.78, 5) is 23.6. The Morgan fingerprint density at radius 3 is 2.47 bits per heavy atom. The predicted octanol–water partition coefficient (Wildman–Crippen LogP) is 2.84. The lowest BCUT2D eigenvalue weighted by Gasteiger charge is -2.31. The van der Waals surface area contributed by atoms with Gasteiger partial charge in [-0.15, -0.1) is 0 Å². The molecule has 15 heavy (non-hydrogen) atoms. The van der Waals surface area contributed by atoms with Crippen molar-refractivity contribution in [1.29, 1.82) is 0 Å². The molecule has 0 aliphatic heterocycles. The molecule has 2 nitrogen and oxygen atoms in total. The summed E-state index contributed by atoms with van der Waals surface area (Å²) in [5, 5.41) is 0. The molecule has 0 aromatic heterocycles. The fourth-order valence-electron chi connectivity index (χ4n) is 2.16. The zero-order valence-electron chi connectivity index (χ0n) is 9.89. The smallest absolute Gasteiger partial charge is 0.182 e. The maximum atomic E-state index is 11.9. The van der Waals surface area contributed by atoms with Gasteiger partial charge in [0.2, 0.25) is 0 Å². The molecule has 0 amide bonds. The van der Waals surface area contributed by atoms with E-state index in [1.54, 1.807) is 12.2 Å². The van der Waals surface area contributed by atoms with Crippen LogP contribution in [0.1, 0.15) is 40.5 Å².